The molecule has 0 fully saturated rings. The minimum absolute atomic E-state index is 0. The van der Waals surface area contributed by atoms with Gasteiger partial charge >= 0.3 is 51.4 Å². The Balaban J connectivity index is 0.00000180. The van der Waals surface area contributed by atoms with Gasteiger partial charge in [0.25, 0.3) is 0 Å². The molecule has 0 unspecified atom stereocenters. The smallest absolute Gasteiger partial charge is 1.00 e. The van der Waals surface area contributed by atoms with Gasteiger partial charge in [0.1, 0.15) is 0 Å². The molecule has 0 saturated carbocycles. The number of hydrogen-bond acceptors (Lipinski definition) is 1. The van der Waals surface area contributed by atoms with E-state index in [0.717, 1.165) is 11.1 Å². The van der Waals surface area contributed by atoms with E-state index in [1.165, 1.54) is 0 Å². The Morgan fingerprint density at radius 1 is 0.895 bits per heavy atom. The van der Waals surface area contributed by atoms with Crippen molar-refractivity contribution in [3.8, 4) is 0 Å². The molecule has 94 valence electrons. The van der Waals surface area contributed by atoms with Crippen molar-refractivity contribution in [1.29, 1.82) is 0 Å². The van der Waals surface area contributed by atoms with Crippen LogP contribution in [-0.4, -0.2) is 24.9 Å². The van der Waals surface area contributed by atoms with Crippen LogP contribution < -0.4 is 51.4 Å². The zero-order valence-electron chi connectivity index (χ0n) is 12.7. The fourth-order valence-electron chi connectivity index (χ4n) is 2.03. The average Bonchev–Trinajstić information content (AvgIpc) is 2.41. The molecular weight excluding hydrogens is 261 g/mol. The molecule has 0 aliphatic heterocycles. The number of rotatable bonds is 3. The Bertz CT molecular complexity index is 477. The zero-order valence-corrected chi connectivity index (χ0v) is 14.8. The van der Waals surface area contributed by atoms with E-state index in [0.29, 0.717) is 0 Å². The monoisotopic (exact) mass is 279 g/mol. The van der Waals surface area contributed by atoms with Crippen molar-refractivity contribution >= 4 is 5.91 Å². The SMILES string of the molecule is CN(C)C(=O)C(c1ccccc1)c1ccccc1.[H-].[K+]. The van der Waals surface area contributed by atoms with Gasteiger partial charge in [-0.1, -0.05) is 60.7 Å². The number of carbonyl (C=O) groups is 1. The van der Waals surface area contributed by atoms with Crippen LogP contribution >= 0.6 is 0 Å². The molecule has 0 aromatic heterocycles. The second kappa shape index (κ2) is 7.97. The van der Waals surface area contributed by atoms with Crippen LogP contribution in [0.25, 0.3) is 0 Å². The second-order valence-corrected chi connectivity index (χ2v) is 4.49. The first-order chi connectivity index (χ1) is 8.70. The first-order valence-electron chi connectivity index (χ1n) is 6.01. The summed E-state index contributed by atoms with van der Waals surface area (Å²) in [5, 5.41) is 0. The van der Waals surface area contributed by atoms with Crippen LogP contribution in [0.15, 0.2) is 60.7 Å². The minimum Gasteiger partial charge on any atom is -1.00 e. The molecule has 0 N–H and O–H groups in total. The van der Waals surface area contributed by atoms with Gasteiger partial charge in [-0.3, -0.25) is 4.79 Å². The van der Waals surface area contributed by atoms with Crippen molar-refractivity contribution in [3.05, 3.63) is 71.8 Å². The summed E-state index contributed by atoms with van der Waals surface area (Å²) in [7, 11) is 3.59. The first kappa shape index (κ1) is 16.6. The Labute approximate surface area is 158 Å². The number of hydrogen-bond donors (Lipinski definition) is 0. The molecule has 0 aliphatic carbocycles. The summed E-state index contributed by atoms with van der Waals surface area (Å²) in [6, 6.07) is 19.8. The predicted octanol–water partition coefficient (Wildman–Crippen LogP) is 0.0232. The van der Waals surface area contributed by atoms with Gasteiger partial charge in [-0.05, 0) is 11.1 Å². The summed E-state index contributed by atoms with van der Waals surface area (Å²) in [6.07, 6.45) is 0. The summed E-state index contributed by atoms with van der Waals surface area (Å²) < 4.78 is 0. The Morgan fingerprint density at radius 2 is 1.26 bits per heavy atom. The largest absolute Gasteiger partial charge is 1.00 e. The third-order valence-corrected chi connectivity index (χ3v) is 2.95. The van der Waals surface area contributed by atoms with E-state index >= 15 is 0 Å². The first-order valence-corrected chi connectivity index (χ1v) is 6.01. The predicted molar refractivity (Wildman–Crippen MR) is 74.5 cm³/mol. The molecule has 0 aliphatic rings. The van der Waals surface area contributed by atoms with Crippen LogP contribution in [0.3, 0.4) is 0 Å². The maximum atomic E-state index is 12.4. The van der Waals surface area contributed by atoms with Gasteiger partial charge in [-0.25, -0.2) is 0 Å². The van der Waals surface area contributed by atoms with E-state index < -0.39 is 0 Å². The Morgan fingerprint density at radius 3 is 1.58 bits per heavy atom. The van der Waals surface area contributed by atoms with Crippen LogP contribution in [0.4, 0.5) is 0 Å². The quantitative estimate of drug-likeness (QED) is 0.726. The summed E-state index contributed by atoms with van der Waals surface area (Å²) >= 11 is 0. The van der Waals surface area contributed by atoms with Crippen molar-refractivity contribution in [2.75, 3.05) is 14.1 Å². The molecule has 0 heterocycles. The van der Waals surface area contributed by atoms with Gasteiger partial charge in [0.2, 0.25) is 5.91 Å². The molecule has 0 bridgehead atoms. The van der Waals surface area contributed by atoms with Crippen LogP contribution in [0.1, 0.15) is 18.5 Å². The van der Waals surface area contributed by atoms with Crippen LogP contribution in [-0.2, 0) is 4.79 Å². The van der Waals surface area contributed by atoms with Crippen molar-refractivity contribution < 1.29 is 57.6 Å². The van der Waals surface area contributed by atoms with Gasteiger partial charge in [0, 0.05) is 14.1 Å². The standard InChI is InChI=1S/C16H17NO.K.H/c1-17(2)16(18)15(13-9-5-3-6-10-13)14-11-7-4-8-12-14;;/h3-12,15H,1-2H3;;/q;+1;-1. The molecule has 0 radical (unpaired) electrons. The molecule has 19 heavy (non-hydrogen) atoms. The zero-order chi connectivity index (χ0) is 13.0. The summed E-state index contributed by atoms with van der Waals surface area (Å²) in [5.74, 6) is -0.116. The number of nitrogens with zero attached hydrogens (tertiary/aromatic N) is 1. The third kappa shape index (κ3) is 4.26. The fourth-order valence-corrected chi connectivity index (χ4v) is 2.03. The van der Waals surface area contributed by atoms with E-state index in [4.69, 9.17) is 0 Å². The number of carbonyl (C=O) groups excluding carboxylic acids is 1. The van der Waals surface area contributed by atoms with Crippen molar-refractivity contribution in [2.45, 2.75) is 5.92 Å². The van der Waals surface area contributed by atoms with Crippen LogP contribution in [0, 0.1) is 0 Å². The number of benzene rings is 2. The van der Waals surface area contributed by atoms with E-state index in [1.54, 1.807) is 19.0 Å². The van der Waals surface area contributed by atoms with Gasteiger partial charge in [0.15, 0.2) is 0 Å². The number of amides is 1. The molecule has 2 nitrogen and oxygen atoms in total. The molecule has 2 aromatic carbocycles. The van der Waals surface area contributed by atoms with E-state index in [1.807, 2.05) is 60.7 Å². The van der Waals surface area contributed by atoms with Gasteiger partial charge in [-0.2, -0.15) is 0 Å². The van der Waals surface area contributed by atoms with Crippen molar-refractivity contribution in [3.63, 3.8) is 0 Å². The fraction of sp³-hybridized carbons (Fsp3) is 0.188. The molecule has 3 heteroatoms. The molecule has 2 rings (SSSR count). The second-order valence-electron chi connectivity index (χ2n) is 4.49. The van der Waals surface area contributed by atoms with E-state index in [9.17, 15) is 4.79 Å². The van der Waals surface area contributed by atoms with Crippen molar-refractivity contribution in [1.82, 2.24) is 4.90 Å². The van der Waals surface area contributed by atoms with Gasteiger partial charge < -0.3 is 6.33 Å². The third-order valence-electron chi connectivity index (χ3n) is 2.95. The van der Waals surface area contributed by atoms with E-state index in [2.05, 4.69) is 0 Å². The maximum Gasteiger partial charge on any atom is 1.00 e. The summed E-state index contributed by atoms with van der Waals surface area (Å²) in [4.78, 5) is 14.0. The minimum atomic E-state index is -0.220. The normalized spacial score (nSPS) is 9.84. The average molecular weight is 279 g/mol. The molecule has 0 spiro atoms. The van der Waals surface area contributed by atoms with Gasteiger partial charge in [-0.15, -0.1) is 0 Å². The van der Waals surface area contributed by atoms with Crippen LogP contribution in [0.5, 0.6) is 0 Å². The van der Waals surface area contributed by atoms with Crippen LogP contribution in [0.2, 0.25) is 0 Å². The molecule has 0 atom stereocenters. The topological polar surface area (TPSA) is 20.3 Å². The van der Waals surface area contributed by atoms with Crippen molar-refractivity contribution in [2.24, 2.45) is 0 Å². The molecule has 2 aromatic rings. The molecule has 1 amide bonds. The van der Waals surface area contributed by atoms with E-state index in [-0.39, 0.29) is 64.6 Å². The summed E-state index contributed by atoms with van der Waals surface area (Å²) in [5.41, 5.74) is 2.06. The van der Waals surface area contributed by atoms with Gasteiger partial charge in [0.05, 0.1) is 5.92 Å². The number of likely N-dealkylation sites (N-methyl/N-ethyl adjacent to an activating group) is 1. The summed E-state index contributed by atoms with van der Waals surface area (Å²) in [6.45, 7) is 0. The maximum absolute atomic E-state index is 12.4. The Hall–Kier alpha value is -0.454. The molecular formula is C16H18KNO. The Kier molecular flexibility index (Phi) is 6.97. The molecule has 0 saturated heterocycles.